The van der Waals surface area contributed by atoms with E-state index in [2.05, 4.69) is 337 Å². The monoisotopic (exact) mass is 1110 g/mol. The molecule has 14 aromatic carbocycles. The van der Waals surface area contributed by atoms with Crippen LogP contribution in [0.2, 0.25) is 0 Å². The van der Waals surface area contributed by atoms with Crippen molar-refractivity contribution in [3.63, 3.8) is 0 Å². The van der Waals surface area contributed by atoms with Crippen molar-refractivity contribution >= 4 is 65.6 Å². The summed E-state index contributed by atoms with van der Waals surface area (Å²) in [5, 5.41) is 7.05. The molecule has 0 radical (unpaired) electrons. The topological polar surface area (TPSA) is 23.0 Å². The summed E-state index contributed by atoms with van der Waals surface area (Å²) in [6.07, 6.45) is 0. The lowest BCUT2D eigenvalue weighted by molar-refractivity contribution is 0.669. The molecule has 17 aromatic rings. The number of nitrogens with zero attached hydrogens (tertiary/aromatic N) is 2. The van der Waals surface area contributed by atoms with Gasteiger partial charge in [-0.15, -0.1) is 0 Å². The lowest BCUT2D eigenvalue weighted by Crippen LogP contribution is -1.94. The molecule has 87 heavy (non-hydrogen) atoms. The number of hydrogen-bond donors (Lipinski definition) is 0. The van der Waals surface area contributed by atoms with Gasteiger partial charge in [-0.05, 0) is 192 Å². The van der Waals surface area contributed by atoms with E-state index in [9.17, 15) is 0 Å². The van der Waals surface area contributed by atoms with Crippen molar-refractivity contribution in [3.8, 4) is 100 Å². The van der Waals surface area contributed by atoms with E-state index in [0.717, 1.165) is 55.5 Å². The number of rotatable bonds is 10. The van der Waals surface area contributed by atoms with Gasteiger partial charge in [0.15, 0.2) is 0 Å². The zero-order chi connectivity index (χ0) is 57.4. The summed E-state index contributed by atoms with van der Waals surface area (Å²) >= 11 is 0. The fraction of sp³-hybridized carbons (Fsp3) is 0. The summed E-state index contributed by atoms with van der Waals surface area (Å²) in [7, 11) is 0. The minimum Gasteiger partial charge on any atom is -0.456 e. The smallest absolute Gasteiger partial charge is 0.135 e. The molecular weight excluding hydrogens is 1050 g/mol. The molecule has 0 unspecified atom stereocenters. The van der Waals surface area contributed by atoms with Crippen LogP contribution in [0.3, 0.4) is 0 Å². The van der Waals surface area contributed by atoms with Gasteiger partial charge in [0.25, 0.3) is 0 Å². The molecule has 0 saturated carbocycles. The molecule has 0 amide bonds. The quantitative estimate of drug-likeness (QED) is 0.134. The molecule has 3 heterocycles. The van der Waals surface area contributed by atoms with Crippen molar-refractivity contribution < 1.29 is 4.42 Å². The van der Waals surface area contributed by atoms with Crippen LogP contribution in [0.15, 0.2) is 332 Å². The summed E-state index contributed by atoms with van der Waals surface area (Å²) in [6, 6.07) is 119. The fourth-order valence-corrected chi connectivity index (χ4v) is 13.4. The molecule has 3 nitrogen and oxygen atoms in total. The van der Waals surface area contributed by atoms with Crippen molar-refractivity contribution in [3.05, 3.63) is 328 Å². The lowest BCUT2D eigenvalue weighted by atomic mass is 9.95. The minimum absolute atomic E-state index is 0.865. The Labute approximate surface area is 504 Å². The van der Waals surface area contributed by atoms with Crippen LogP contribution < -0.4 is 0 Å². The average molecular weight is 1110 g/mol. The summed E-state index contributed by atoms with van der Waals surface area (Å²) in [6.45, 7) is 0. The Hall–Kier alpha value is -11.5. The summed E-state index contributed by atoms with van der Waals surface area (Å²) < 4.78 is 11.4. The summed E-state index contributed by atoms with van der Waals surface area (Å²) in [4.78, 5) is 0. The molecule has 3 heteroatoms. The van der Waals surface area contributed by atoms with Gasteiger partial charge in [0.2, 0.25) is 0 Å². The maximum absolute atomic E-state index is 6.59. The maximum atomic E-state index is 6.59. The number of furan rings is 1. The SMILES string of the molecule is c1ccc(-c2cccc(-c3cccc(-c4ccc(-c5ccc6c(c5)c5ccccc5n6-c5ccc6oc7ccc(-c8cccc(-n9c%10ccccc%10c%10cc(-c%11cccc(-c%12cccc(-c%13ccccc%13)c%12)c%11)ccc%109)c8)cc7c6c5)cc4)c3)c2)cc1. The van der Waals surface area contributed by atoms with E-state index in [-0.39, 0.29) is 0 Å². The predicted octanol–water partition coefficient (Wildman–Crippen LogP) is 23.1. The van der Waals surface area contributed by atoms with Gasteiger partial charge in [-0.1, -0.05) is 224 Å². The van der Waals surface area contributed by atoms with Crippen molar-refractivity contribution in [1.29, 1.82) is 0 Å². The Morgan fingerprint density at radius 3 is 0.920 bits per heavy atom. The molecule has 3 aromatic heterocycles. The molecule has 0 saturated heterocycles. The first kappa shape index (κ1) is 50.0. The minimum atomic E-state index is 0.865. The average Bonchev–Trinajstić information content (AvgIpc) is 1.79. The van der Waals surface area contributed by atoms with Crippen LogP contribution in [0.1, 0.15) is 0 Å². The molecule has 17 rings (SSSR count). The number of hydrogen-bond acceptors (Lipinski definition) is 1. The Morgan fingerprint density at radius 2 is 0.448 bits per heavy atom. The van der Waals surface area contributed by atoms with Crippen molar-refractivity contribution in [2.24, 2.45) is 0 Å². The Kier molecular flexibility index (Phi) is 11.9. The molecule has 0 bridgehead atoms. The van der Waals surface area contributed by atoms with Crippen molar-refractivity contribution in [1.82, 2.24) is 9.13 Å². The number of benzene rings is 14. The largest absolute Gasteiger partial charge is 0.456 e. The maximum Gasteiger partial charge on any atom is 0.135 e. The first-order valence-electron chi connectivity index (χ1n) is 29.9. The Bertz CT molecular complexity index is 5510. The molecule has 0 N–H and O–H groups in total. The van der Waals surface area contributed by atoms with E-state index < -0.39 is 0 Å². The van der Waals surface area contributed by atoms with E-state index >= 15 is 0 Å². The van der Waals surface area contributed by atoms with Gasteiger partial charge in [-0.2, -0.15) is 0 Å². The molecule has 0 aliphatic heterocycles. The Morgan fingerprint density at radius 1 is 0.161 bits per heavy atom. The highest BCUT2D eigenvalue weighted by atomic mass is 16.3. The van der Waals surface area contributed by atoms with E-state index in [4.69, 9.17) is 4.42 Å². The molecule has 0 fully saturated rings. The second-order valence-corrected chi connectivity index (χ2v) is 22.8. The van der Waals surface area contributed by atoms with E-state index in [1.54, 1.807) is 0 Å². The van der Waals surface area contributed by atoms with Gasteiger partial charge in [0.05, 0.1) is 22.1 Å². The van der Waals surface area contributed by atoms with Gasteiger partial charge in [0.1, 0.15) is 11.2 Å². The van der Waals surface area contributed by atoms with Gasteiger partial charge in [-0.3, -0.25) is 0 Å². The zero-order valence-electron chi connectivity index (χ0n) is 47.5. The van der Waals surface area contributed by atoms with Gasteiger partial charge in [0, 0.05) is 43.7 Å². The third kappa shape index (κ3) is 8.83. The number of para-hydroxylation sites is 2. The van der Waals surface area contributed by atoms with Crippen molar-refractivity contribution in [2.75, 3.05) is 0 Å². The first-order valence-corrected chi connectivity index (χ1v) is 29.9. The molecule has 0 spiro atoms. The molecule has 0 aliphatic carbocycles. The second-order valence-electron chi connectivity index (χ2n) is 22.8. The van der Waals surface area contributed by atoms with Crippen LogP contribution in [0.5, 0.6) is 0 Å². The predicted molar refractivity (Wildman–Crippen MR) is 366 cm³/mol. The first-order chi connectivity index (χ1) is 43.1. The number of fused-ring (bicyclic) bond motifs is 9. The van der Waals surface area contributed by atoms with Crippen LogP contribution in [0.4, 0.5) is 0 Å². The third-order valence-electron chi connectivity index (χ3n) is 17.7. The fourth-order valence-electron chi connectivity index (χ4n) is 13.4. The highest BCUT2D eigenvalue weighted by Crippen LogP contribution is 2.42. The van der Waals surface area contributed by atoms with Crippen LogP contribution in [-0.2, 0) is 0 Å². The van der Waals surface area contributed by atoms with E-state index in [1.807, 2.05) is 0 Å². The standard InChI is InChI=1S/C84H54N2O/c1-3-16-55(17-4-1)59-20-11-23-62(46-59)64-25-13-22-61(48-64)57-34-36-58(37-35-57)68-38-42-82-75(51-68)73-30-8-10-33-80(73)86(82)72-41-45-84-78(54-72)77-53-70(40-44-83(77)87-84)67-28-15-29-71(50-67)85-79-32-9-7-31-74(79)76-52-69(39-43-81(76)85)66-27-14-26-65(49-66)63-24-12-21-60(47-63)56-18-5-2-6-19-56/h1-54H. The lowest BCUT2D eigenvalue weighted by Gasteiger charge is -2.11. The normalized spacial score (nSPS) is 11.7. The van der Waals surface area contributed by atoms with E-state index in [1.165, 1.54) is 110 Å². The second kappa shape index (κ2) is 20.7. The van der Waals surface area contributed by atoms with Gasteiger partial charge in [-0.25, -0.2) is 0 Å². The molecule has 0 atom stereocenters. The number of aromatic nitrogens is 2. The van der Waals surface area contributed by atoms with E-state index in [0.29, 0.717) is 0 Å². The van der Waals surface area contributed by atoms with Crippen LogP contribution in [-0.4, -0.2) is 9.13 Å². The Balaban J connectivity index is 0.680. The zero-order valence-corrected chi connectivity index (χ0v) is 47.5. The van der Waals surface area contributed by atoms with Gasteiger partial charge < -0.3 is 13.6 Å². The van der Waals surface area contributed by atoms with Crippen LogP contribution in [0.25, 0.3) is 166 Å². The van der Waals surface area contributed by atoms with Gasteiger partial charge >= 0.3 is 0 Å². The van der Waals surface area contributed by atoms with Crippen LogP contribution >= 0.6 is 0 Å². The summed E-state index contributed by atoms with van der Waals surface area (Å²) in [5.74, 6) is 0. The molecule has 0 aliphatic rings. The van der Waals surface area contributed by atoms with Crippen LogP contribution in [0, 0.1) is 0 Å². The van der Waals surface area contributed by atoms with Crippen molar-refractivity contribution in [2.45, 2.75) is 0 Å². The summed E-state index contributed by atoms with van der Waals surface area (Å²) in [5.41, 5.74) is 27.7. The highest BCUT2D eigenvalue weighted by molar-refractivity contribution is 6.13. The third-order valence-corrected chi connectivity index (χ3v) is 17.7. The molecule has 406 valence electrons. The highest BCUT2D eigenvalue weighted by Gasteiger charge is 2.19. The molecular formula is C84H54N2O.